The van der Waals surface area contributed by atoms with Gasteiger partial charge in [-0.3, -0.25) is 23.6 Å². The third-order valence-electron chi connectivity index (χ3n) is 4.78. The highest BCUT2D eigenvalue weighted by Crippen LogP contribution is 2.22. The van der Waals surface area contributed by atoms with Gasteiger partial charge in [0.25, 0.3) is 0 Å². The molecule has 1 fully saturated rings. The van der Waals surface area contributed by atoms with E-state index in [1.165, 1.54) is 36.1 Å². The molecule has 0 bridgehead atoms. The third kappa shape index (κ3) is 21.9. The molecule has 2 aromatic rings. The van der Waals surface area contributed by atoms with Crippen molar-refractivity contribution in [2.45, 2.75) is 54.0 Å². The van der Waals surface area contributed by atoms with Crippen LogP contribution in [0.4, 0.5) is 24.5 Å². The van der Waals surface area contributed by atoms with E-state index in [1.807, 2.05) is 43.3 Å². The minimum absolute atomic E-state index is 0.156. The Bertz CT molecular complexity index is 1100. The lowest BCUT2D eigenvalue weighted by Gasteiger charge is -2.22. The second kappa shape index (κ2) is 23.2. The second-order valence-electron chi connectivity index (χ2n) is 10.8. The molecule has 4 amide bonds. The third-order valence-corrected chi connectivity index (χ3v) is 4.78. The van der Waals surface area contributed by atoms with Crippen LogP contribution in [0.1, 0.15) is 48.0 Å². The van der Waals surface area contributed by atoms with Gasteiger partial charge in [-0.05, 0) is 54.2 Å². The number of nitrogens with one attached hydrogen (secondary N) is 2. The first-order valence-corrected chi connectivity index (χ1v) is 13.3. The smallest absolute Gasteiger partial charge is 0.243 e. The first kappa shape index (κ1) is 40.7. The maximum atomic E-state index is 12.3. The summed E-state index contributed by atoms with van der Waals surface area (Å²) in [6, 6.07) is 16.5. The molecule has 12 heteroatoms. The van der Waals surface area contributed by atoms with Crippen LogP contribution < -0.4 is 10.6 Å². The second-order valence-corrected chi connectivity index (χ2v) is 10.8. The van der Waals surface area contributed by atoms with Crippen LogP contribution in [-0.2, 0) is 19.2 Å². The van der Waals surface area contributed by atoms with Crippen LogP contribution in [0, 0.1) is 28.5 Å². The largest absolute Gasteiger partial charge is 0.329 e. The van der Waals surface area contributed by atoms with Crippen LogP contribution in [-0.4, -0.2) is 67.5 Å². The van der Waals surface area contributed by atoms with E-state index >= 15 is 0 Å². The zero-order valence-electron chi connectivity index (χ0n) is 25.9. The number of carbonyl (C=O) groups is 4. The Kier molecular flexibility index (Phi) is 22.0. The average molecular weight is 608 g/mol. The maximum Gasteiger partial charge on any atom is 0.243 e. The van der Waals surface area contributed by atoms with E-state index in [0.717, 1.165) is 10.6 Å². The van der Waals surface area contributed by atoms with Gasteiger partial charge in [-0.25, -0.2) is 8.78 Å². The van der Waals surface area contributed by atoms with E-state index in [4.69, 9.17) is 5.26 Å². The van der Waals surface area contributed by atoms with Gasteiger partial charge in [0.1, 0.15) is 18.4 Å². The van der Waals surface area contributed by atoms with Crippen LogP contribution in [0.5, 0.6) is 0 Å². The Balaban J connectivity index is 0. The molecule has 2 N–H and O–H groups in total. The molecule has 3 rings (SSSR count). The minimum atomic E-state index is -0.990. The molecule has 0 aromatic heterocycles. The van der Waals surface area contributed by atoms with E-state index < -0.39 is 12.8 Å². The number of carbonyl (C=O) groups excluding carboxylic acids is 4. The molecule has 1 saturated heterocycles. The molecule has 2 unspecified atom stereocenters. The van der Waals surface area contributed by atoms with Gasteiger partial charge in [0.2, 0.25) is 24.6 Å². The van der Waals surface area contributed by atoms with Crippen LogP contribution in [0.15, 0.2) is 54.6 Å². The summed E-state index contributed by atoms with van der Waals surface area (Å²) in [5.74, 6) is -0.569. The number of para-hydroxylation sites is 1. The van der Waals surface area contributed by atoms with Crippen molar-refractivity contribution >= 4 is 36.0 Å². The van der Waals surface area contributed by atoms with Crippen LogP contribution in [0.25, 0.3) is 0 Å². The number of benzene rings is 2. The number of halogens is 3. The lowest BCUT2D eigenvalue weighted by Crippen LogP contribution is -2.42. The predicted molar refractivity (Wildman–Crippen MR) is 163 cm³/mol. The Morgan fingerprint density at radius 1 is 1.05 bits per heavy atom. The van der Waals surface area contributed by atoms with Crippen LogP contribution in [0.3, 0.4) is 0 Å². The Morgan fingerprint density at radius 3 is 2.00 bits per heavy atom. The highest BCUT2D eigenvalue weighted by Gasteiger charge is 2.33. The number of nitriles is 1. The van der Waals surface area contributed by atoms with Crippen molar-refractivity contribution < 1.29 is 32.3 Å². The summed E-state index contributed by atoms with van der Waals surface area (Å²) in [6.07, 6.45) is 1.59. The minimum Gasteiger partial charge on any atom is -0.329 e. The van der Waals surface area contributed by atoms with E-state index in [0.29, 0.717) is 44.1 Å². The average Bonchev–Trinajstić information content (AvgIpc) is 3.35. The van der Waals surface area contributed by atoms with Gasteiger partial charge in [0.05, 0.1) is 13.2 Å². The Labute approximate surface area is 253 Å². The van der Waals surface area contributed by atoms with Gasteiger partial charge in [-0.15, -0.1) is 0 Å². The molecule has 0 aliphatic carbocycles. The molecule has 2 aromatic carbocycles. The van der Waals surface area contributed by atoms with Crippen molar-refractivity contribution in [3.05, 3.63) is 60.4 Å². The summed E-state index contributed by atoms with van der Waals surface area (Å²) < 4.78 is 34.0. The van der Waals surface area contributed by atoms with Crippen molar-refractivity contribution in [1.29, 1.82) is 5.26 Å². The maximum absolute atomic E-state index is 12.3. The normalized spacial score (nSPS) is 14.6. The van der Waals surface area contributed by atoms with Crippen molar-refractivity contribution in [3.8, 4) is 6.07 Å². The van der Waals surface area contributed by atoms with Gasteiger partial charge >= 0.3 is 0 Å². The highest BCUT2D eigenvalue weighted by molar-refractivity contribution is 5.88. The standard InChI is InChI=1S/C10H14FN3O2.C8H8FNO.C7H7NO.C5H12.CH3F/c1-8-2-9(3-12)14(4-8)10(16)5-13(6-11)7-15;1-6(11)10-8-4-2-7(9)3-5-8;9-6-8-7-4-2-1-3-5-7;1-5(2,3)4;1-2/h7-9H,2,4-6H2,1H3;2-5H,1H3,(H,10,11);1-6H,(H,8,9);1-4H3;1H3. The first-order valence-electron chi connectivity index (χ1n) is 13.3. The molecular formula is C31H44F3N5O4. The van der Waals surface area contributed by atoms with Gasteiger partial charge in [0.15, 0.2) is 6.80 Å². The van der Waals surface area contributed by atoms with Crippen LogP contribution in [0.2, 0.25) is 0 Å². The summed E-state index contributed by atoms with van der Waals surface area (Å²) >= 11 is 0. The number of alkyl halides is 2. The molecule has 1 aliphatic rings. The van der Waals surface area contributed by atoms with Crippen LogP contribution >= 0.6 is 0 Å². The van der Waals surface area contributed by atoms with Crippen molar-refractivity contribution in [2.24, 2.45) is 11.3 Å². The quantitative estimate of drug-likeness (QED) is 0.304. The Hall–Kier alpha value is -4.40. The number of rotatable bonds is 7. The molecule has 1 aliphatic heterocycles. The number of amides is 4. The van der Waals surface area contributed by atoms with Crippen molar-refractivity contribution in [1.82, 2.24) is 9.80 Å². The molecule has 2 atom stereocenters. The molecular weight excluding hydrogens is 563 g/mol. The number of likely N-dealkylation sites (tertiary alicyclic amines) is 1. The van der Waals surface area contributed by atoms with Crippen molar-refractivity contribution in [3.63, 3.8) is 0 Å². The number of hydrogen-bond acceptors (Lipinski definition) is 5. The SMILES string of the molecule is CC(=O)Nc1ccc(F)cc1.CC(C)(C)C.CC1CC(C#N)N(C(=O)CN(C=O)CF)C1.CF.O=CNc1ccccc1. The number of nitrogens with zero attached hydrogens (tertiary/aromatic N) is 3. The van der Waals surface area contributed by atoms with Crippen molar-refractivity contribution in [2.75, 3.05) is 37.7 Å². The molecule has 238 valence electrons. The zero-order valence-corrected chi connectivity index (χ0v) is 25.9. The van der Waals surface area contributed by atoms with E-state index in [-0.39, 0.29) is 30.1 Å². The molecule has 9 nitrogen and oxygen atoms in total. The summed E-state index contributed by atoms with van der Waals surface area (Å²) in [5.41, 5.74) is 1.94. The molecule has 0 saturated carbocycles. The lowest BCUT2D eigenvalue weighted by atomic mass is 10.0. The van der Waals surface area contributed by atoms with Gasteiger partial charge in [-0.2, -0.15) is 5.26 Å². The highest BCUT2D eigenvalue weighted by atomic mass is 19.1. The number of anilines is 2. The monoisotopic (exact) mass is 607 g/mol. The van der Waals surface area contributed by atoms with Gasteiger partial charge in [-0.1, -0.05) is 52.8 Å². The fourth-order valence-electron chi connectivity index (χ4n) is 3.16. The fraction of sp³-hybridized carbons (Fsp3) is 0.452. The Morgan fingerprint density at radius 2 is 1.58 bits per heavy atom. The molecule has 0 radical (unpaired) electrons. The molecule has 0 spiro atoms. The van der Waals surface area contributed by atoms with Gasteiger partial charge < -0.3 is 20.4 Å². The number of hydrogen-bond donors (Lipinski definition) is 2. The summed E-state index contributed by atoms with van der Waals surface area (Å²) in [5, 5.41) is 13.9. The summed E-state index contributed by atoms with van der Waals surface area (Å²) in [7, 11) is 0.500. The lowest BCUT2D eigenvalue weighted by molar-refractivity contribution is -0.136. The van der Waals surface area contributed by atoms with Gasteiger partial charge in [0, 0.05) is 24.8 Å². The van der Waals surface area contributed by atoms with E-state index in [9.17, 15) is 32.3 Å². The summed E-state index contributed by atoms with van der Waals surface area (Å²) in [4.78, 5) is 44.6. The van der Waals surface area contributed by atoms with E-state index in [1.54, 1.807) is 0 Å². The topological polar surface area (TPSA) is 123 Å². The molecule has 43 heavy (non-hydrogen) atoms. The first-order chi connectivity index (χ1) is 20.2. The molecule has 1 heterocycles. The van der Waals surface area contributed by atoms with E-state index in [2.05, 4.69) is 38.3 Å². The summed E-state index contributed by atoms with van der Waals surface area (Å²) in [6.45, 7) is 11.3. The predicted octanol–water partition coefficient (Wildman–Crippen LogP) is 5.81. The zero-order chi connectivity index (χ0) is 33.4. The fourth-order valence-corrected chi connectivity index (χ4v) is 3.16.